The lowest BCUT2D eigenvalue weighted by atomic mass is 10.2. The van der Waals surface area contributed by atoms with Crippen molar-refractivity contribution in [3.05, 3.63) is 0 Å². The predicted octanol–water partition coefficient (Wildman–Crippen LogP) is 0.346. The summed E-state index contributed by atoms with van der Waals surface area (Å²) in [6.45, 7) is 0. The zero-order chi connectivity index (χ0) is 9.97. The number of amides is 1. The Kier molecular flexibility index (Phi) is 2.96. The maximum atomic E-state index is 11.4. The first-order valence-corrected chi connectivity index (χ1v) is 6.33. The second-order valence-electron chi connectivity index (χ2n) is 3.68. The number of aliphatic imine (C=N–C) groups is 1. The highest BCUT2D eigenvalue weighted by atomic mass is 32.2. The number of carbonyl (C=O) groups is 1. The molecule has 78 valence electrons. The first-order chi connectivity index (χ1) is 6.79. The number of hydrogen-bond acceptors (Lipinski definition) is 4. The smallest absolute Gasteiger partial charge is 0.251 e. The molecule has 1 amide bonds. The van der Waals surface area contributed by atoms with Crippen LogP contribution in [0.3, 0.4) is 0 Å². The van der Waals surface area contributed by atoms with Crippen LogP contribution in [0.15, 0.2) is 4.99 Å². The van der Waals surface area contributed by atoms with E-state index in [1.165, 1.54) is 12.8 Å². The van der Waals surface area contributed by atoms with Gasteiger partial charge >= 0.3 is 0 Å². The topological polar surface area (TPSA) is 53.5 Å². The fraction of sp³-hybridized carbons (Fsp3) is 0.778. The van der Waals surface area contributed by atoms with E-state index in [2.05, 4.69) is 15.6 Å². The number of nitrogens with zero attached hydrogens (tertiary/aromatic N) is 1. The van der Waals surface area contributed by atoms with Crippen LogP contribution >= 0.6 is 11.8 Å². The molecule has 1 aliphatic heterocycles. The Morgan fingerprint density at radius 1 is 1.64 bits per heavy atom. The Hall–Kier alpha value is -0.710. The molecule has 1 heterocycles. The first-order valence-electron chi connectivity index (χ1n) is 4.93. The summed E-state index contributed by atoms with van der Waals surface area (Å²) in [5.74, 6) is 1.71. The summed E-state index contributed by atoms with van der Waals surface area (Å²) in [6.07, 6.45) is 5.28. The molecule has 0 aromatic carbocycles. The van der Waals surface area contributed by atoms with E-state index >= 15 is 0 Å². The molecular formula is C9H15N3OS. The Morgan fingerprint density at radius 3 is 3.07 bits per heavy atom. The lowest BCUT2D eigenvalue weighted by Crippen LogP contribution is -2.38. The molecular weight excluding hydrogens is 198 g/mol. The number of carbonyl (C=O) groups excluding carboxylic acids is 1. The molecule has 14 heavy (non-hydrogen) atoms. The van der Waals surface area contributed by atoms with Crippen molar-refractivity contribution in [3.8, 4) is 0 Å². The lowest BCUT2D eigenvalue weighted by Gasteiger charge is -2.01. The van der Waals surface area contributed by atoms with Gasteiger partial charge in [-0.3, -0.25) is 10.1 Å². The molecule has 0 aromatic heterocycles. The van der Waals surface area contributed by atoms with Gasteiger partial charge in [0.2, 0.25) is 0 Å². The predicted molar refractivity (Wildman–Crippen MR) is 58.5 cm³/mol. The van der Waals surface area contributed by atoms with Crippen LogP contribution in [0.25, 0.3) is 0 Å². The van der Waals surface area contributed by atoms with Crippen LogP contribution in [0, 0.1) is 0 Å². The van der Waals surface area contributed by atoms with Gasteiger partial charge in [0.15, 0.2) is 5.96 Å². The summed E-state index contributed by atoms with van der Waals surface area (Å²) >= 11 is 1.75. The van der Waals surface area contributed by atoms with Crippen molar-refractivity contribution in [1.82, 2.24) is 10.6 Å². The summed E-state index contributed by atoms with van der Waals surface area (Å²) in [5, 5.41) is 5.98. The van der Waals surface area contributed by atoms with Gasteiger partial charge in [0.25, 0.3) is 5.91 Å². The molecule has 0 saturated heterocycles. The average molecular weight is 213 g/mol. The minimum atomic E-state index is -0.163. The van der Waals surface area contributed by atoms with Gasteiger partial charge < -0.3 is 5.32 Å². The molecule has 1 fully saturated rings. The molecule has 1 saturated carbocycles. The minimum Gasteiger partial charge on any atom is -0.353 e. The second kappa shape index (κ2) is 4.21. The number of hydrogen-bond donors (Lipinski definition) is 2. The van der Waals surface area contributed by atoms with Crippen molar-refractivity contribution in [2.45, 2.75) is 31.3 Å². The van der Waals surface area contributed by atoms with Gasteiger partial charge in [0.1, 0.15) is 6.04 Å². The lowest BCUT2D eigenvalue weighted by molar-refractivity contribution is -0.120. The monoisotopic (exact) mass is 213 g/mol. The molecule has 0 aromatic rings. The third kappa shape index (κ3) is 2.41. The standard InChI is InChI=1S/C9H15N3OS/c1-14-5-4-7-8(13)12-9(11-7)10-6-2-3-6/h6-7H,2-5H2,1H3,(H2,10,11,12,13). The van der Waals surface area contributed by atoms with Gasteiger partial charge in [-0.2, -0.15) is 11.8 Å². The van der Waals surface area contributed by atoms with Crippen molar-refractivity contribution in [1.29, 1.82) is 0 Å². The summed E-state index contributed by atoms with van der Waals surface area (Å²) in [4.78, 5) is 15.7. The Balaban J connectivity index is 1.83. The molecule has 0 radical (unpaired) electrons. The highest BCUT2D eigenvalue weighted by Gasteiger charge is 2.29. The fourth-order valence-electron chi connectivity index (χ4n) is 1.37. The van der Waals surface area contributed by atoms with Gasteiger partial charge in [0, 0.05) is 6.04 Å². The third-order valence-corrected chi connectivity index (χ3v) is 2.99. The van der Waals surface area contributed by atoms with Gasteiger partial charge in [-0.15, -0.1) is 0 Å². The molecule has 1 atom stereocenters. The van der Waals surface area contributed by atoms with Crippen LogP contribution in [0.5, 0.6) is 0 Å². The second-order valence-corrected chi connectivity index (χ2v) is 4.67. The minimum absolute atomic E-state index is 0.0437. The maximum Gasteiger partial charge on any atom is 0.251 e. The molecule has 4 nitrogen and oxygen atoms in total. The highest BCUT2D eigenvalue weighted by molar-refractivity contribution is 7.98. The molecule has 2 aliphatic rings. The summed E-state index contributed by atoms with van der Waals surface area (Å²) < 4.78 is 0. The highest BCUT2D eigenvalue weighted by Crippen LogP contribution is 2.19. The van der Waals surface area contributed by atoms with E-state index in [4.69, 9.17) is 0 Å². The van der Waals surface area contributed by atoms with Crippen LogP contribution in [0.1, 0.15) is 19.3 Å². The van der Waals surface area contributed by atoms with E-state index in [1.54, 1.807) is 11.8 Å². The van der Waals surface area contributed by atoms with Gasteiger partial charge in [0.05, 0.1) is 0 Å². The zero-order valence-corrected chi connectivity index (χ0v) is 9.06. The Bertz CT molecular complexity index is 263. The van der Waals surface area contributed by atoms with Crippen LogP contribution in [-0.4, -0.2) is 36.0 Å². The number of rotatable bonds is 4. The quantitative estimate of drug-likeness (QED) is 0.708. The van der Waals surface area contributed by atoms with Gasteiger partial charge in [-0.25, -0.2) is 4.99 Å². The summed E-state index contributed by atoms with van der Waals surface area (Å²) in [6, 6.07) is 0.386. The molecule has 0 bridgehead atoms. The van der Waals surface area contributed by atoms with E-state index in [1.807, 2.05) is 6.26 Å². The molecule has 5 heteroatoms. The fourth-order valence-corrected chi connectivity index (χ4v) is 1.83. The van der Waals surface area contributed by atoms with Crippen LogP contribution < -0.4 is 10.6 Å². The number of guanidine groups is 1. The first kappa shape index (κ1) is 9.83. The normalized spacial score (nSPS) is 25.9. The van der Waals surface area contributed by atoms with E-state index in [-0.39, 0.29) is 11.9 Å². The summed E-state index contributed by atoms with van der Waals surface area (Å²) in [7, 11) is 0. The van der Waals surface area contributed by atoms with Crippen molar-refractivity contribution in [2.75, 3.05) is 12.0 Å². The van der Waals surface area contributed by atoms with E-state index in [0.29, 0.717) is 12.0 Å². The molecule has 0 spiro atoms. The maximum absolute atomic E-state index is 11.4. The van der Waals surface area contributed by atoms with E-state index < -0.39 is 0 Å². The SMILES string of the molecule is CSCCC1N=C(NC2CC2)NC1=O. The van der Waals surface area contributed by atoms with E-state index in [9.17, 15) is 4.79 Å². The van der Waals surface area contributed by atoms with Crippen LogP contribution in [-0.2, 0) is 4.79 Å². The van der Waals surface area contributed by atoms with Crippen molar-refractivity contribution in [3.63, 3.8) is 0 Å². The number of thioether (sulfide) groups is 1. The number of nitrogens with one attached hydrogen (secondary N) is 2. The average Bonchev–Trinajstić information content (AvgIpc) is 2.88. The van der Waals surface area contributed by atoms with E-state index in [0.717, 1.165) is 12.2 Å². The Morgan fingerprint density at radius 2 is 2.43 bits per heavy atom. The summed E-state index contributed by atoms with van der Waals surface area (Å²) in [5.41, 5.74) is 0. The van der Waals surface area contributed by atoms with Crippen molar-refractivity contribution in [2.24, 2.45) is 4.99 Å². The third-order valence-electron chi connectivity index (χ3n) is 2.34. The van der Waals surface area contributed by atoms with Crippen LogP contribution in [0.2, 0.25) is 0 Å². The molecule has 1 unspecified atom stereocenters. The molecule has 2 N–H and O–H groups in total. The largest absolute Gasteiger partial charge is 0.353 e. The van der Waals surface area contributed by atoms with Gasteiger partial charge in [-0.05, 0) is 31.3 Å². The molecule has 2 rings (SSSR count). The molecule has 1 aliphatic carbocycles. The van der Waals surface area contributed by atoms with Crippen molar-refractivity contribution < 1.29 is 4.79 Å². The Labute approximate surface area is 87.9 Å². The van der Waals surface area contributed by atoms with Crippen molar-refractivity contribution >= 4 is 23.6 Å². The van der Waals surface area contributed by atoms with Gasteiger partial charge in [-0.1, -0.05) is 0 Å². The van der Waals surface area contributed by atoms with Crippen LogP contribution in [0.4, 0.5) is 0 Å². The zero-order valence-electron chi connectivity index (χ0n) is 8.25.